The van der Waals surface area contributed by atoms with Gasteiger partial charge in [-0.3, -0.25) is 4.79 Å². The number of halogens is 2. The summed E-state index contributed by atoms with van der Waals surface area (Å²) in [6, 6.07) is 4.06. The van der Waals surface area contributed by atoms with E-state index in [2.05, 4.69) is 10.3 Å². The summed E-state index contributed by atoms with van der Waals surface area (Å²) in [5.74, 6) is 1.60. The molecule has 0 aromatic carbocycles. The lowest BCUT2D eigenvalue weighted by Gasteiger charge is -2.26. The van der Waals surface area contributed by atoms with Gasteiger partial charge in [-0.1, -0.05) is 0 Å². The summed E-state index contributed by atoms with van der Waals surface area (Å²) in [5, 5.41) is 3.06. The van der Waals surface area contributed by atoms with E-state index in [9.17, 15) is 4.79 Å². The first kappa shape index (κ1) is 20.5. The SMILES string of the molecule is Cc1oc(-c2ccco2)nc1CC(=O)NC1CCC(N)CC1.Cl.Cl. The zero-order chi connectivity index (χ0) is 15.5. The Hall–Kier alpha value is -1.50. The van der Waals surface area contributed by atoms with Crippen molar-refractivity contribution in [3.05, 3.63) is 29.9 Å². The van der Waals surface area contributed by atoms with Crippen molar-refractivity contribution in [3.8, 4) is 11.7 Å². The molecule has 2 aromatic heterocycles. The second kappa shape index (κ2) is 9.11. The van der Waals surface area contributed by atoms with Crippen molar-refractivity contribution in [1.29, 1.82) is 0 Å². The van der Waals surface area contributed by atoms with Crippen LogP contribution in [0.4, 0.5) is 0 Å². The number of nitrogens with one attached hydrogen (secondary N) is 1. The standard InChI is InChI=1S/C16H21N3O3.2ClH/c1-10-13(19-16(22-10)14-3-2-8-21-14)9-15(20)18-12-6-4-11(17)5-7-12;;/h2-3,8,11-12H,4-7,9,17H2,1H3,(H,18,20);2*1H. The van der Waals surface area contributed by atoms with Crippen LogP contribution in [0.15, 0.2) is 27.2 Å². The van der Waals surface area contributed by atoms with E-state index in [4.69, 9.17) is 14.6 Å². The van der Waals surface area contributed by atoms with E-state index < -0.39 is 0 Å². The fraction of sp³-hybridized carbons (Fsp3) is 0.500. The molecule has 0 spiro atoms. The maximum absolute atomic E-state index is 12.2. The molecule has 1 aliphatic carbocycles. The predicted molar refractivity (Wildman–Crippen MR) is 95.5 cm³/mol. The van der Waals surface area contributed by atoms with Gasteiger partial charge in [0, 0.05) is 12.1 Å². The van der Waals surface area contributed by atoms with Gasteiger partial charge >= 0.3 is 0 Å². The molecule has 1 amide bonds. The number of furan rings is 1. The van der Waals surface area contributed by atoms with Crippen LogP contribution in [-0.4, -0.2) is 23.0 Å². The van der Waals surface area contributed by atoms with Gasteiger partial charge in [-0.05, 0) is 44.7 Å². The van der Waals surface area contributed by atoms with Crippen molar-refractivity contribution in [2.24, 2.45) is 5.73 Å². The molecule has 2 heterocycles. The Morgan fingerprint density at radius 2 is 2.04 bits per heavy atom. The third-order valence-corrected chi connectivity index (χ3v) is 4.09. The molecule has 6 nitrogen and oxygen atoms in total. The average molecular weight is 376 g/mol. The molecule has 1 fully saturated rings. The number of nitrogens with two attached hydrogens (primary N) is 1. The maximum Gasteiger partial charge on any atom is 0.263 e. The highest BCUT2D eigenvalue weighted by atomic mass is 35.5. The zero-order valence-corrected chi connectivity index (χ0v) is 15.1. The van der Waals surface area contributed by atoms with Gasteiger partial charge in [0.15, 0.2) is 5.76 Å². The van der Waals surface area contributed by atoms with Crippen LogP contribution in [-0.2, 0) is 11.2 Å². The minimum absolute atomic E-state index is 0. The van der Waals surface area contributed by atoms with Crippen LogP contribution in [0.2, 0.25) is 0 Å². The third-order valence-electron chi connectivity index (χ3n) is 4.09. The summed E-state index contributed by atoms with van der Waals surface area (Å²) >= 11 is 0. The first-order valence-electron chi connectivity index (χ1n) is 7.67. The topological polar surface area (TPSA) is 94.3 Å². The molecular formula is C16H23Cl2N3O3. The van der Waals surface area contributed by atoms with E-state index in [-0.39, 0.29) is 49.2 Å². The fourth-order valence-electron chi connectivity index (χ4n) is 2.79. The van der Waals surface area contributed by atoms with Gasteiger partial charge in [0.25, 0.3) is 5.89 Å². The van der Waals surface area contributed by atoms with E-state index in [1.165, 1.54) is 0 Å². The lowest BCUT2D eigenvalue weighted by Crippen LogP contribution is -2.41. The highest BCUT2D eigenvalue weighted by Crippen LogP contribution is 2.22. The minimum atomic E-state index is -0.0251. The third kappa shape index (κ3) is 5.00. The fourth-order valence-corrected chi connectivity index (χ4v) is 2.79. The zero-order valence-electron chi connectivity index (χ0n) is 13.5. The Morgan fingerprint density at radius 1 is 1.33 bits per heavy atom. The molecule has 3 N–H and O–H groups in total. The molecule has 3 rings (SSSR count). The van der Waals surface area contributed by atoms with Crippen LogP contribution < -0.4 is 11.1 Å². The van der Waals surface area contributed by atoms with Crippen LogP contribution in [0.1, 0.15) is 37.1 Å². The predicted octanol–water partition coefficient (Wildman–Crippen LogP) is 3.02. The number of nitrogens with zero attached hydrogens (tertiary/aromatic N) is 1. The number of aromatic nitrogens is 1. The smallest absolute Gasteiger partial charge is 0.263 e. The van der Waals surface area contributed by atoms with E-state index in [1.807, 2.05) is 6.92 Å². The summed E-state index contributed by atoms with van der Waals surface area (Å²) in [7, 11) is 0. The van der Waals surface area contributed by atoms with Gasteiger partial charge in [0.05, 0.1) is 18.4 Å². The van der Waals surface area contributed by atoms with E-state index in [0.29, 0.717) is 23.1 Å². The molecule has 2 aromatic rings. The minimum Gasteiger partial charge on any atom is -0.459 e. The van der Waals surface area contributed by atoms with Gasteiger partial charge in [-0.25, -0.2) is 4.98 Å². The molecule has 0 unspecified atom stereocenters. The van der Waals surface area contributed by atoms with Gasteiger partial charge in [0.1, 0.15) is 5.76 Å². The van der Waals surface area contributed by atoms with E-state index >= 15 is 0 Å². The van der Waals surface area contributed by atoms with Crippen LogP contribution >= 0.6 is 24.8 Å². The van der Waals surface area contributed by atoms with Crippen molar-refractivity contribution in [2.75, 3.05) is 0 Å². The highest BCUT2D eigenvalue weighted by Gasteiger charge is 2.21. The van der Waals surface area contributed by atoms with Crippen molar-refractivity contribution in [1.82, 2.24) is 10.3 Å². The monoisotopic (exact) mass is 375 g/mol. The van der Waals surface area contributed by atoms with Crippen molar-refractivity contribution >= 4 is 30.7 Å². The van der Waals surface area contributed by atoms with Crippen LogP contribution in [0.5, 0.6) is 0 Å². The average Bonchev–Trinajstić information content (AvgIpc) is 3.12. The number of oxazole rings is 1. The molecule has 24 heavy (non-hydrogen) atoms. The molecular weight excluding hydrogens is 353 g/mol. The van der Waals surface area contributed by atoms with Crippen LogP contribution in [0, 0.1) is 6.92 Å². The molecule has 134 valence electrons. The summed E-state index contributed by atoms with van der Waals surface area (Å²) in [6.45, 7) is 1.81. The highest BCUT2D eigenvalue weighted by molar-refractivity contribution is 5.85. The number of hydrogen-bond donors (Lipinski definition) is 2. The lowest BCUT2D eigenvalue weighted by atomic mass is 9.92. The molecule has 1 saturated carbocycles. The molecule has 0 bridgehead atoms. The lowest BCUT2D eigenvalue weighted by molar-refractivity contribution is -0.121. The summed E-state index contributed by atoms with van der Waals surface area (Å²) in [5.41, 5.74) is 6.53. The summed E-state index contributed by atoms with van der Waals surface area (Å²) < 4.78 is 10.8. The Labute approximate surface area is 153 Å². The van der Waals surface area contributed by atoms with Gasteiger partial charge in [0.2, 0.25) is 5.91 Å². The second-order valence-corrected chi connectivity index (χ2v) is 5.86. The molecule has 0 aliphatic heterocycles. The number of amides is 1. The Balaban J connectivity index is 0.00000144. The molecule has 8 heteroatoms. The molecule has 0 radical (unpaired) electrons. The Bertz CT molecular complexity index is 635. The first-order chi connectivity index (χ1) is 10.6. The molecule has 0 atom stereocenters. The molecule has 0 saturated heterocycles. The number of carbonyl (C=O) groups excluding carboxylic acids is 1. The Kier molecular flexibility index (Phi) is 7.79. The first-order valence-corrected chi connectivity index (χ1v) is 7.67. The largest absolute Gasteiger partial charge is 0.459 e. The van der Waals surface area contributed by atoms with Crippen molar-refractivity contribution in [2.45, 2.75) is 51.1 Å². The van der Waals surface area contributed by atoms with Crippen molar-refractivity contribution in [3.63, 3.8) is 0 Å². The number of rotatable bonds is 4. The number of aryl methyl sites for hydroxylation is 1. The van der Waals surface area contributed by atoms with E-state index in [1.54, 1.807) is 18.4 Å². The molecule has 1 aliphatic rings. The normalized spacial score (nSPS) is 19.9. The van der Waals surface area contributed by atoms with Gasteiger partial charge < -0.3 is 19.9 Å². The quantitative estimate of drug-likeness (QED) is 0.856. The van der Waals surface area contributed by atoms with Crippen molar-refractivity contribution < 1.29 is 13.6 Å². The van der Waals surface area contributed by atoms with Crippen LogP contribution in [0.25, 0.3) is 11.7 Å². The number of carbonyl (C=O) groups is 1. The van der Waals surface area contributed by atoms with E-state index in [0.717, 1.165) is 25.7 Å². The number of hydrogen-bond acceptors (Lipinski definition) is 5. The maximum atomic E-state index is 12.2. The Morgan fingerprint density at radius 3 is 2.67 bits per heavy atom. The van der Waals surface area contributed by atoms with Gasteiger partial charge in [-0.15, -0.1) is 24.8 Å². The second-order valence-electron chi connectivity index (χ2n) is 5.86. The van der Waals surface area contributed by atoms with Gasteiger partial charge in [-0.2, -0.15) is 0 Å². The van der Waals surface area contributed by atoms with Crippen LogP contribution in [0.3, 0.4) is 0 Å². The summed E-state index contributed by atoms with van der Waals surface area (Å²) in [4.78, 5) is 16.5. The summed E-state index contributed by atoms with van der Waals surface area (Å²) in [6.07, 6.45) is 5.62.